The molecular weight excluding hydrogens is 258 g/mol. The summed E-state index contributed by atoms with van der Waals surface area (Å²) >= 11 is 1.29. The normalized spacial score (nSPS) is 16.6. The minimum Gasteiger partial charge on any atom is -0.391 e. The standard InChI is InChI=1S/C11H17NO3S2/c1-2-5-12(9-3-4-9)17(14,15)11-6-10(7-13)16-8-11/h6,8-9,13H,2-5,7H2,1H3. The van der Waals surface area contributed by atoms with Crippen molar-refractivity contribution in [3.05, 3.63) is 16.3 Å². The Bertz CT molecular complexity index is 477. The van der Waals surface area contributed by atoms with Crippen LogP contribution in [0.25, 0.3) is 0 Å². The van der Waals surface area contributed by atoms with Gasteiger partial charge in [0.15, 0.2) is 0 Å². The van der Waals surface area contributed by atoms with Crippen molar-refractivity contribution >= 4 is 21.4 Å². The van der Waals surface area contributed by atoms with E-state index in [4.69, 9.17) is 5.11 Å². The first kappa shape index (κ1) is 13.0. The van der Waals surface area contributed by atoms with Gasteiger partial charge in [-0.15, -0.1) is 11.3 Å². The lowest BCUT2D eigenvalue weighted by Gasteiger charge is -2.20. The van der Waals surface area contributed by atoms with Crippen molar-refractivity contribution in [3.63, 3.8) is 0 Å². The van der Waals surface area contributed by atoms with Gasteiger partial charge in [0.25, 0.3) is 0 Å². The van der Waals surface area contributed by atoms with E-state index in [9.17, 15) is 8.42 Å². The number of aliphatic hydroxyl groups excluding tert-OH is 1. The molecule has 6 heteroatoms. The van der Waals surface area contributed by atoms with Crippen LogP contribution < -0.4 is 0 Å². The number of rotatable bonds is 6. The Morgan fingerprint density at radius 3 is 2.71 bits per heavy atom. The van der Waals surface area contributed by atoms with Crippen molar-refractivity contribution in [1.29, 1.82) is 0 Å². The van der Waals surface area contributed by atoms with Gasteiger partial charge in [0, 0.05) is 22.8 Å². The van der Waals surface area contributed by atoms with Crippen LogP contribution in [-0.2, 0) is 16.6 Å². The lowest BCUT2D eigenvalue weighted by molar-refractivity contribution is 0.285. The van der Waals surface area contributed by atoms with Gasteiger partial charge in [0.1, 0.15) is 0 Å². The predicted molar refractivity (Wildman–Crippen MR) is 67.4 cm³/mol. The molecule has 0 aliphatic heterocycles. The molecule has 17 heavy (non-hydrogen) atoms. The summed E-state index contributed by atoms with van der Waals surface area (Å²) in [6, 6.07) is 1.77. The van der Waals surface area contributed by atoms with Crippen molar-refractivity contribution in [2.45, 2.75) is 43.7 Å². The molecule has 1 heterocycles. The molecule has 1 N–H and O–H groups in total. The third kappa shape index (κ3) is 2.70. The maximum Gasteiger partial charge on any atom is 0.244 e. The maximum atomic E-state index is 12.4. The van der Waals surface area contributed by atoms with E-state index in [-0.39, 0.29) is 12.6 Å². The molecule has 0 radical (unpaired) electrons. The predicted octanol–water partition coefficient (Wildman–Crippen LogP) is 1.80. The van der Waals surface area contributed by atoms with Crippen LogP contribution in [0.15, 0.2) is 16.3 Å². The molecule has 0 amide bonds. The fraction of sp³-hybridized carbons (Fsp3) is 0.636. The molecular formula is C11H17NO3S2. The average Bonchev–Trinajstić information content (AvgIpc) is 3.01. The largest absolute Gasteiger partial charge is 0.391 e. The molecule has 4 nitrogen and oxygen atoms in total. The van der Waals surface area contributed by atoms with Gasteiger partial charge in [0.2, 0.25) is 10.0 Å². The Hall–Kier alpha value is -0.430. The van der Waals surface area contributed by atoms with Gasteiger partial charge in [-0.3, -0.25) is 0 Å². The molecule has 1 fully saturated rings. The molecule has 1 aromatic heterocycles. The molecule has 0 atom stereocenters. The molecule has 0 saturated heterocycles. The van der Waals surface area contributed by atoms with E-state index in [0.29, 0.717) is 16.3 Å². The van der Waals surface area contributed by atoms with E-state index in [1.165, 1.54) is 11.3 Å². The Morgan fingerprint density at radius 1 is 1.53 bits per heavy atom. The summed E-state index contributed by atoms with van der Waals surface area (Å²) in [6.07, 6.45) is 2.76. The van der Waals surface area contributed by atoms with Crippen LogP contribution in [-0.4, -0.2) is 30.4 Å². The zero-order valence-electron chi connectivity index (χ0n) is 9.80. The summed E-state index contributed by atoms with van der Waals surface area (Å²) in [7, 11) is -3.36. The van der Waals surface area contributed by atoms with Gasteiger partial charge in [-0.05, 0) is 25.3 Å². The Kier molecular flexibility index (Phi) is 3.87. The second-order valence-corrected chi connectivity index (χ2v) is 7.14. The lowest BCUT2D eigenvalue weighted by atomic mass is 10.5. The summed E-state index contributed by atoms with van der Waals surface area (Å²) in [4.78, 5) is 1.02. The van der Waals surface area contributed by atoms with E-state index in [1.807, 2.05) is 6.92 Å². The summed E-state index contributed by atoms with van der Waals surface area (Å²) < 4.78 is 26.4. The van der Waals surface area contributed by atoms with Gasteiger partial charge in [-0.25, -0.2) is 8.42 Å². The van der Waals surface area contributed by atoms with Crippen LogP contribution >= 0.6 is 11.3 Å². The van der Waals surface area contributed by atoms with Crippen molar-refractivity contribution < 1.29 is 13.5 Å². The van der Waals surface area contributed by atoms with Gasteiger partial charge in [0.05, 0.1) is 11.5 Å². The Labute approximate surface area is 106 Å². The second-order valence-electron chi connectivity index (χ2n) is 4.25. The third-order valence-electron chi connectivity index (χ3n) is 2.79. The molecule has 1 aliphatic rings. The van der Waals surface area contributed by atoms with Crippen LogP contribution in [0.4, 0.5) is 0 Å². The summed E-state index contributed by atoms with van der Waals surface area (Å²) in [5.74, 6) is 0. The van der Waals surface area contributed by atoms with Gasteiger partial charge in [-0.1, -0.05) is 6.92 Å². The fourth-order valence-corrected chi connectivity index (χ4v) is 4.69. The molecule has 1 aromatic rings. The van der Waals surface area contributed by atoms with Crippen molar-refractivity contribution in [1.82, 2.24) is 4.31 Å². The quantitative estimate of drug-likeness (QED) is 0.861. The smallest absolute Gasteiger partial charge is 0.244 e. The average molecular weight is 275 g/mol. The van der Waals surface area contributed by atoms with Gasteiger partial charge in [-0.2, -0.15) is 4.31 Å². The highest BCUT2D eigenvalue weighted by Gasteiger charge is 2.37. The maximum absolute atomic E-state index is 12.4. The molecule has 0 bridgehead atoms. The molecule has 0 aromatic carbocycles. The highest BCUT2D eigenvalue weighted by Crippen LogP contribution is 2.33. The number of hydrogen-bond donors (Lipinski definition) is 1. The summed E-state index contributed by atoms with van der Waals surface area (Å²) in [5, 5.41) is 10.6. The number of nitrogens with zero attached hydrogens (tertiary/aromatic N) is 1. The molecule has 96 valence electrons. The van der Waals surface area contributed by atoms with Gasteiger partial charge >= 0.3 is 0 Å². The molecule has 0 unspecified atom stereocenters. The third-order valence-corrected chi connectivity index (χ3v) is 5.79. The highest BCUT2D eigenvalue weighted by molar-refractivity contribution is 7.89. The lowest BCUT2D eigenvalue weighted by Crippen LogP contribution is -2.33. The Balaban J connectivity index is 2.26. The monoisotopic (exact) mass is 275 g/mol. The minimum absolute atomic E-state index is 0.0998. The minimum atomic E-state index is -3.36. The van der Waals surface area contributed by atoms with E-state index >= 15 is 0 Å². The number of hydrogen-bond acceptors (Lipinski definition) is 4. The SMILES string of the molecule is CCCN(C1CC1)S(=O)(=O)c1csc(CO)c1. The van der Waals surface area contributed by atoms with Crippen molar-refractivity contribution in [2.75, 3.05) is 6.54 Å². The topological polar surface area (TPSA) is 57.6 Å². The number of aliphatic hydroxyl groups is 1. The molecule has 1 aliphatic carbocycles. The zero-order chi connectivity index (χ0) is 12.5. The van der Waals surface area contributed by atoms with Gasteiger partial charge < -0.3 is 5.11 Å². The van der Waals surface area contributed by atoms with Crippen LogP contribution in [0.5, 0.6) is 0 Å². The molecule has 0 spiro atoms. The van der Waals surface area contributed by atoms with Crippen LogP contribution in [0.1, 0.15) is 31.1 Å². The van der Waals surface area contributed by atoms with E-state index in [2.05, 4.69) is 0 Å². The first-order valence-corrected chi connectivity index (χ1v) is 8.11. The number of thiophene rings is 1. The first-order chi connectivity index (χ1) is 8.09. The summed E-state index contributed by atoms with van der Waals surface area (Å²) in [6.45, 7) is 2.46. The van der Waals surface area contributed by atoms with Crippen molar-refractivity contribution in [3.8, 4) is 0 Å². The second kappa shape index (κ2) is 5.06. The van der Waals surface area contributed by atoms with Crippen LogP contribution in [0, 0.1) is 0 Å². The molecule has 1 saturated carbocycles. The van der Waals surface area contributed by atoms with E-state index in [0.717, 1.165) is 19.3 Å². The van der Waals surface area contributed by atoms with Crippen LogP contribution in [0.3, 0.4) is 0 Å². The zero-order valence-corrected chi connectivity index (χ0v) is 11.4. The first-order valence-electron chi connectivity index (χ1n) is 5.79. The molecule has 2 rings (SSSR count). The van der Waals surface area contributed by atoms with Crippen LogP contribution in [0.2, 0.25) is 0 Å². The summed E-state index contributed by atoms with van der Waals surface area (Å²) in [5.41, 5.74) is 0. The van der Waals surface area contributed by atoms with E-state index in [1.54, 1.807) is 15.8 Å². The van der Waals surface area contributed by atoms with E-state index < -0.39 is 10.0 Å². The highest BCUT2D eigenvalue weighted by atomic mass is 32.2. The van der Waals surface area contributed by atoms with Crippen molar-refractivity contribution in [2.24, 2.45) is 0 Å². The fourth-order valence-electron chi connectivity index (χ4n) is 1.80. The Morgan fingerprint density at radius 2 is 2.24 bits per heavy atom. The number of sulfonamides is 1.